The lowest BCUT2D eigenvalue weighted by Crippen LogP contribution is -2.23. The Kier molecular flexibility index (Phi) is 3.09. The largest absolute Gasteiger partial charge is 0.478 e. The molecule has 0 unspecified atom stereocenters. The number of hydrogen-bond acceptors (Lipinski definition) is 4. The maximum absolute atomic E-state index is 11.0. The molecule has 2 heterocycles. The highest BCUT2D eigenvalue weighted by molar-refractivity contribution is 7.15. The summed E-state index contributed by atoms with van der Waals surface area (Å²) >= 11 is 1.64. The highest BCUT2D eigenvalue weighted by atomic mass is 32.1. The van der Waals surface area contributed by atoms with Gasteiger partial charge in [-0.3, -0.25) is 4.98 Å². The van der Waals surface area contributed by atoms with Crippen molar-refractivity contribution in [1.29, 1.82) is 0 Å². The molecule has 2 aromatic rings. The van der Waals surface area contributed by atoms with Crippen LogP contribution in [-0.4, -0.2) is 21.0 Å². The van der Waals surface area contributed by atoms with Gasteiger partial charge in [0.2, 0.25) is 0 Å². The Balaban J connectivity index is 2.06. The van der Waals surface area contributed by atoms with Gasteiger partial charge in [-0.05, 0) is 31.4 Å². The molecule has 5 heteroatoms. The summed E-state index contributed by atoms with van der Waals surface area (Å²) in [6.45, 7) is 4.44. The van der Waals surface area contributed by atoms with Crippen LogP contribution < -0.4 is 0 Å². The number of aromatic nitrogens is 2. The molecule has 2 aromatic heterocycles. The SMILES string of the molecule is CC1(C)CCCc2sc(-c3cc(C(=O)O)ccn3)nc21. The van der Waals surface area contributed by atoms with Gasteiger partial charge in [0.15, 0.2) is 0 Å². The molecular formula is C15H16N2O2S. The van der Waals surface area contributed by atoms with E-state index in [1.807, 2.05) is 0 Å². The molecule has 0 saturated carbocycles. The minimum atomic E-state index is -0.935. The van der Waals surface area contributed by atoms with E-state index in [9.17, 15) is 4.79 Å². The maximum Gasteiger partial charge on any atom is 0.335 e. The fraction of sp³-hybridized carbons (Fsp3) is 0.400. The fourth-order valence-electron chi connectivity index (χ4n) is 2.65. The van der Waals surface area contributed by atoms with Crippen LogP contribution >= 0.6 is 11.3 Å². The number of rotatable bonds is 2. The molecule has 0 fully saturated rings. The van der Waals surface area contributed by atoms with Crippen LogP contribution in [0.25, 0.3) is 10.7 Å². The topological polar surface area (TPSA) is 63.1 Å². The van der Waals surface area contributed by atoms with Gasteiger partial charge in [0.25, 0.3) is 0 Å². The van der Waals surface area contributed by atoms with Crippen LogP contribution in [0.5, 0.6) is 0 Å². The Morgan fingerprint density at radius 2 is 2.25 bits per heavy atom. The zero-order chi connectivity index (χ0) is 14.3. The van der Waals surface area contributed by atoms with Gasteiger partial charge in [0.05, 0.1) is 17.0 Å². The summed E-state index contributed by atoms with van der Waals surface area (Å²) in [6, 6.07) is 3.10. The first-order valence-electron chi connectivity index (χ1n) is 6.67. The first-order chi connectivity index (χ1) is 9.47. The number of pyridine rings is 1. The molecule has 1 N–H and O–H groups in total. The maximum atomic E-state index is 11.0. The average Bonchev–Trinajstić information content (AvgIpc) is 2.84. The van der Waals surface area contributed by atoms with Crippen molar-refractivity contribution in [2.24, 2.45) is 0 Å². The second kappa shape index (κ2) is 4.66. The van der Waals surface area contributed by atoms with Crippen LogP contribution in [0.15, 0.2) is 18.3 Å². The average molecular weight is 288 g/mol. The third kappa shape index (κ3) is 2.22. The van der Waals surface area contributed by atoms with E-state index in [1.54, 1.807) is 17.4 Å². The Morgan fingerprint density at radius 1 is 1.45 bits per heavy atom. The van der Waals surface area contributed by atoms with E-state index in [-0.39, 0.29) is 11.0 Å². The highest BCUT2D eigenvalue weighted by Crippen LogP contribution is 2.41. The van der Waals surface area contributed by atoms with Crippen LogP contribution in [0.2, 0.25) is 0 Å². The molecule has 0 radical (unpaired) electrons. The molecule has 1 aliphatic carbocycles. The first kappa shape index (κ1) is 13.2. The fourth-order valence-corrected chi connectivity index (χ4v) is 3.90. The second-order valence-electron chi connectivity index (χ2n) is 5.76. The van der Waals surface area contributed by atoms with Crippen molar-refractivity contribution in [3.05, 3.63) is 34.5 Å². The Morgan fingerprint density at radius 3 is 2.95 bits per heavy atom. The highest BCUT2D eigenvalue weighted by Gasteiger charge is 2.31. The number of fused-ring (bicyclic) bond motifs is 1. The van der Waals surface area contributed by atoms with Gasteiger partial charge in [-0.2, -0.15) is 0 Å². The Bertz CT molecular complexity index is 676. The van der Waals surface area contributed by atoms with E-state index in [4.69, 9.17) is 10.1 Å². The minimum Gasteiger partial charge on any atom is -0.478 e. The van der Waals surface area contributed by atoms with Crippen molar-refractivity contribution in [2.75, 3.05) is 0 Å². The number of nitrogens with zero attached hydrogens (tertiary/aromatic N) is 2. The van der Waals surface area contributed by atoms with Gasteiger partial charge in [-0.25, -0.2) is 9.78 Å². The van der Waals surface area contributed by atoms with E-state index in [0.29, 0.717) is 5.69 Å². The van der Waals surface area contributed by atoms with Crippen molar-refractivity contribution in [3.8, 4) is 10.7 Å². The predicted molar refractivity (Wildman–Crippen MR) is 78.3 cm³/mol. The smallest absolute Gasteiger partial charge is 0.335 e. The molecular weight excluding hydrogens is 272 g/mol. The zero-order valence-electron chi connectivity index (χ0n) is 11.5. The number of thiazole rings is 1. The normalized spacial score (nSPS) is 16.7. The van der Waals surface area contributed by atoms with Crippen LogP contribution in [0.3, 0.4) is 0 Å². The standard InChI is InChI=1S/C15H16N2O2S/c1-15(2)6-3-4-11-12(15)17-13(20-11)10-8-9(14(18)19)5-7-16-10/h5,7-8H,3-4,6H2,1-2H3,(H,18,19). The van der Waals surface area contributed by atoms with Crippen molar-refractivity contribution in [3.63, 3.8) is 0 Å². The molecule has 0 aromatic carbocycles. The number of hydrogen-bond donors (Lipinski definition) is 1. The zero-order valence-corrected chi connectivity index (χ0v) is 12.3. The molecule has 104 valence electrons. The van der Waals surface area contributed by atoms with E-state index in [1.165, 1.54) is 23.6 Å². The summed E-state index contributed by atoms with van der Waals surface area (Å²) in [5, 5.41) is 9.88. The molecule has 0 aliphatic heterocycles. The van der Waals surface area contributed by atoms with Crippen LogP contribution in [0.4, 0.5) is 0 Å². The summed E-state index contributed by atoms with van der Waals surface area (Å²) in [7, 11) is 0. The molecule has 4 nitrogen and oxygen atoms in total. The molecule has 0 atom stereocenters. The first-order valence-corrected chi connectivity index (χ1v) is 7.49. The second-order valence-corrected chi connectivity index (χ2v) is 6.85. The van der Waals surface area contributed by atoms with Crippen LogP contribution in [-0.2, 0) is 11.8 Å². The number of carboxylic acids is 1. The van der Waals surface area contributed by atoms with Gasteiger partial charge in [-0.15, -0.1) is 11.3 Å². The molecule has 0 spiro atoms. The number of aromatic carboxylic acids is 1. The van der Waals surface area contributed by atoms with E-state index < -0.39 is 5.97 Å². The number of aryl methyl sites for hydroxylation is 1. The predicted octanol–water partition coefficient (Wildman–Crippen LogP) is 3.52. The van der Waals surface area contributed by atoms with Crippen LogP contribution in [0, 0.1) is 0 Å². The van der Waals surface area contributed by atoms with Crippen molar-refractivity contribution in [2.45, 2.75) is 38.5 Å². The lowest BCUT2D eigenvalue weighted by molar-refractivity contribution is 0.0697. The van der Waals surface area contributed by atoms with E-state index >= 15 is 0 Å². The van der Waals surface area contributed by atoms with E-state index in [2.05, 4.69) is 18.8 Å². The summed E-state index contributed by atoms with van der Waals surface area (Å²) < 4.78 is 0. The van der Waals surface area contributed by atoms with Gasteiger partial charge < -0.3 is 5.11 Å². The third-order valence-electron chi connectivity index (χ3n) is 3.77. The summed E-state index contributed by atoms with van der Waals surface area (Å²) in [5.74, 6) is -0.935. The van der Waals surface area contributed by atoms with Gasteiger partial charge in [0, 0.05) is 16.5 Å². The monoisotopic (exact) mass is 288 g/mol. The Hall–Kier alpha value is -1.75. The van der Waals surface area contributed by atoms with Crippen molar-refractivity contribution in [1.82, 2.24) is 9.97 Å². The van der Waals surface area contributed by atoms with Gasteiger partial charge >= 0.3 is 5.97 Å². The van der Waals surface area contributed by atoms with Crippen molar-refractivity contribution < 1.29 is 9.90 Å². The van der Waals surface area contributed by atoms with Crippen molar-refractivity contribution >= 4 is 17.3 Å². The molecule has 3 rings (SSSR count). The van der Waals surface area contributed by atoms with E-state index in [0.717, 1.165) is 23.5 Å². The molecule has 0 saturated heterocycles. The summed E-state index contributed by atoms with van der Waals surface area (Å²) in [4.78, 5) is 21.4. The lowest BCUT2D eigenvalue weighted by atomic mass is 9.79. The van der Waals surface area contributed by atoms with Gasteiger partial charge in [0.1, 0.15) is 5.01 Å². The molecule has 20 heavy (non-hydrogen) atoms. The number of carboxylic acid groups (broad SMARTS) is 1. The molecule has 0 amide bonds. The van der Waals surface area contributed by atoms with Crippen LogP contribution in [0.1, 0.15) is 47.6 Å². The Labute approximate surface area is 121 Å². The summed E-state index contributed by atoms with van der Waals surface area (Å²) in [6.07, 6.45) is 4.93. The third-order valence-corrected chi connectivity index (χ3v) is 4.91. The molecule has 0 bridgehead atoms. The van der Waals surface area contributed by atoms with Gasteiger partial charge in [-0.1, -0.05) is 13.8 Å². The molecule has 1 aliphatic rings. The minimum absolute atomic E-state index is 0.104. The lowest BCUT2D eigenvalue weighted by Gasteiger charge is -2.28. The quantitative estimate of drug-likeness (QED) is 0.918. The summed E-state index contributed by atoms with van der Waals surface area (Å²) in [5.41, 5.74) is 2.17. The number of carbonyl (C=O) groups is 1.